The first kappa shape index (κ1) is 17.0. The molecule has 0 spiro atoms. The van der Waals surface area contributed by atoms with Crippen molar-refractivity contribution in [2.24, 2.45) is 5.92 Å². The van der Waals surface area contributed by atoms with Gasteiger partial charge in [-0.05, 0) is 31.7 Å². The quantitative estimate of drug-likeness (QED) is 0.556. The molecule has 0 aliphatic carbocycles. The molecule has 0 aromatic rings. The van der Waals surface area contributed by atoms with Crippen molar-refractivity contribution in [1.82, 2.24) is 5.32 Å². The number of unbranched alkanes of at least 4 members (excludes halogenated alkanes) is 6. The molecule has 0 aromatic heterocycles. The van der Waals surface area contributed by atoms with Gasteiger partial charge in [-0.2, -0.15) is 0 Å². The van der Waals surface area contributed by atoms with Gasteiger partial charge in [-0.3, -0.25) is 0 Å². The number of hydrogen-bond donors (Lipinski definition) is 1. The highest BCUT2D eigenvalue weighted by molar-refractivity contribution is 4.78. The number of ether oxygens (including phenoxy) is 1. The molecule has 1 aliphatic rings. The van der Waals surface area contributed by atoms with Crippen LogP contribution in [-0.2, 0) is 4.74 Å². The second-order valence-corrected chi connectivity index (χ2v) is 6.02. The van der Waals surface area contributed by atoms with E-state index in [4.69, 9.17) is 4.74 Å². The summed E-state index contributed by atoms with van der Waals surface area (Å²) in [5.74, 6) is 0.855. The van der Waals surface area contributed by atoms with E-state index in [1.807, 2.05) is 0 Å². The molecule has 114 valence electrons. The van der Waals surface area contributed by atoms with E-state index in [0.29, 0.717) is 0 Å². The Hall–Kier alpha value is -0.0800. The largest absolute Gasteiger partial charge is 0.381 e. The summed E-state index contributed by atoms with van der Waals surface area (Å²) in [7, 11) is 0. The lowest BCUT2D eigenvalue weighted by atomic mass is 9.88. The molecule has 0 radical (unpaired) electrons. The zero-order chi connectivity index (χ0) is 13.8. The molecule has 0 amide bonds. The Morgan fingerprint density at radius 3 is 2.21 bits per heavy atom. The molecular weight excluding hydrogens is 234 g/mol. The molecule has 1 fully saturated rings. The summed E-state index contributed by atoms with van der Waals surface area (Å²) >= 11 is 0. The van der Waals surface area contributed by atoms with Crippen LogP contribution < -0.4 is 5.32 Å². The highest BCUT2D eigenvalue weighted by atomic mass is 16.5. The number of rotatable bonds is 11. The van der Waals surface area contributed by atoms with Crippen LogP contribution in [0.4, 0.5) is 0 Å². The first-order chi connectivity index (χ1) is 9.38. The molecule has 1 aliphatic heterocycles. The van der Waals surface area contributed by atoms with Crippen molar-refractivity contribution < 1.29 is 4.74 Å². The van der Waals surface area contributed by atoms with Gasteiger partial charge in [-0.25, -0.2) is 0 Å². The molecule has 19 heavy (non-hydrogen) atoms. The van der Waals surface area contributed by atoms with Gasteiger partial charge in [0.2, 0.25) is 0 Å². The third-order valence-electron chi connectivity index (χ3n) is 4.42. The van der Waals surface area contributed by atoms with Gasteiger partial charge in [0.25, 0.3) is 0 Å². The van der Waals surface area contributed by atoms with Crippen LogP contribution in [0.2, 0.25) is 0 Å². The smallest absolute Gasteiger partial charge is 0.0469 e. The summed E-state index contributed by atoms with van der Waals surface area (Å²) in [6.07, 6.45) is 13.8. The topological polar surface area (TPSA) is 21.3 Å². The average molecular weight is 269 g/mol. The Balaban J connectivity index is 2.07. The summed E-state index contributed by atoms with van der Waals surface area (Å²) in [6, 6.07) is 0.740. The monoisotopic (exact) mass is 269 g/mol. The fourth-order valence-electron chi connectivity index (χ4n) is 3.21. The SMILES string of the molecule is CCCCCCCCCC(NCC)C1CCOCC1. The fraction of sp³-hybridized carbons (Fsp3) is 1.00. The number of nitrogens with one attached hydrogen (secondary N) is 1. The van der Waals surface area contributed by atoms with Gasteiger partial charge in [0.05, 0.1) is 0 Å². The molecule has 1 N–H and O–H groups in total. The first-order valence-electron chi connectivity index (χ1n) is 8.69. The van der Waals surface area contributed by atoms with Gasteiger partial charge < -0.3 is 10.1 Å². The highest BCUT2D eigenvalue weighted by Crippen LogP contribution is 2.22. The van der Waals surface area contributed by atoms with Gasteiger partial charge in [-0.15, -0.1) is 0 Å². The third kappa shape index (κ3) is 7.94. The lowest BCUT2D eigenvalue weighted by molar-refractivity contribution is 0.0524. The van der Waals surface area contributed by atoms with Gasteiger partial charge in [-0.1, -0.05) is 58.8 Å². The van der Waals surface area contributed by atoms with Gasteiger partial charge in [0.15, 0.2) is 0 Å². The van der Waals surface area contributed by atoms with Crippen molar-refractivity contribution in [3.8, 4) is 0 Å². The first-order valence-corrected chi connectivity index (χ1v) is 8.69. The number of hydrogen-bond acceptors (Lipinski definition) is 2. The molecule has 1 rings (SSSR count). The normalized spacial score (nSPS) is 18.6. The van der Waals surface area contributed by atoms with E-state index in [9.17, 15) is 0 Å². The van der Waals surface area contributed by atoms with E-state index in [0.717, 1.165) is 31.7 Å². The molecular formula is C17H35NO. The van der Waals surface area contributed by atoms with Crippen LogP contribution in [0.5, 0.6) is 0 Å². The maximum atomic E-state index is 5.48. The summed E-state index contributed by atoms with van der Waals surface area (Å²) in [6.45, 7) is 7.58. The molecule has 2 nitrogen and oxygen atoms in total. The summed E-state index contributed by atoms with van der Waals surface area (Å²) in [4.78, 5) is 0. The second kappa shape index (κ2) is 11.7. The maximum Gasteiger partial charge on any atom is 0.0469 e. The van der Waals surface area contributed by atoms with Gasteiger partial charge >= 0.3 is 0 Å². The minimum absolute atomic E-state index is 0.740. The molecule has 0 bridgehead atoms. The predicted molar refractivity (Wildman–Crippen MR) is 83.6 cm³/mol. The molecule has 0 saturated carbocycles. The van der Waals surface area contributed by atoms with Crippen molar-refractivity contribution in [1.29, 1.82) is 0 Å². The minimum atomic E-state index is 0.740. The zero-order valence-corrected chi connectivity index (χ0v) is 13.3. The van der Waals surface area contributed by atoms with E-state index in [-0.39, 0.29) is 0 Å². The average Bonchev–Trinajstić information content (AvgIpc) is 2.46. The van der Waals surface area contributed by atoms with Crippen LogP contribution in [0, 0.1) is 5.92 Å². The lowest BCUT2D eigenvalue weighted by Crippen LogP contribution is -2.38. The van der Waals surface area contributed by atoms with Crippen LogP contribution in [0.3, 0.4) is 0 Å². The summed E-state index contributed by atoms with van der Waals surface area (Å²) in [5.41, 5.74) is 0. The Morgan fingerprint density at radius 2 is 1.58 bits per heavy atom. The minimum Gasteiger partial charge on any atom is -0.381 e. The molecule has 2 heteroatoms. The van der Waals surface area contributed by atoms with Crippen LogP contribution >= 0.6 is 0 Å². The molecule has 1 heterocycles. The van der Waals surface area contributed by atoms with Crippen molar-refractivity contribution in [2.45, 2.75) is 84.1 Å². The van der Waals surface area contributed by atoms with Crippen LogP contribution in [-0.4, -0.2) is 25.8 Å². The zero-order valence-electron chi connectivity index (χ0n) is 13.3. The van der Waals surface area contributed by atoms with Crippen molar-refractivity contribution >= 4 is 0 Å². The predicted octanol–water partition coefficient (Wildman–Crippen LogP) is 4.53. The van der Waals surface area contributed by atoms with E-state index < -0.39 is 0 Å². The lowest BCUT2D eigenvalue weighted by Gasteiger charge is -2.31. The Morgan fingerprint density at radius 1 is 0.947 bits per heavy atom. The van der Waals surface area contributed by atoms with Crippen molar-refractivity contribution in [2.75, 3.05) is 19.8 Å². The summed E-state index contributed by atoms with van der Waals surface area (Å²) < 4.78 is 5.48. The molecule has 1 saturated heterocycles. The Kier molecular flexibility index (Phi) is 10.5. The van der Waals surface area contributed by atoms with E-state index >= 15 is 0 Å². The molecule has 0 aromatic carbocycles. The van der Waals surface area contributed by atoms with E-state index in [1.165, 1.54) is 64.2 Å². The van der Waals surface area contributed by atoms with E-state index in [2.05, 4.69) is 19.2 Å². The standard InChI is InChI=1S/C17H35NO/c1-3-5-6-7-8-9-10-11-17(18-4-2)16-12-14-19-15-13-16/h16-18H,3-15H2,1-2H3. The van der Waals surface area contributed by atoms with Crippen LogP contribution in [0.25, 0.3) is 0 Å². The van der Waals surface area contributed by atoms with Crippen molar-refractivity contribution in [3.63, 3.8) is 0 Å². The second-order valence-electron chi connectivity index (χ2n) is 6.02. The van der Waals surface area contributed by atoms with Gasteiger partial charge in [0.1, 0.15) is 0 Å². The van der Waals surface area contributed by atoms with Gasteiger partial charge in [0, 0.05) is 19.3 Å². The Labute approximate surface area is 120 Å². The summed E-state index contributed by atoms with van der Waals surface area (Å²) in [5, 5.41) is 3.71. The highest BCUT2D eigenvalue weighted by Gasteiger charge is 2.22. The third-order valence-corrected chi connectivity index (χ3v) is 4.42. The molecule has 1 atom stereocenters. The fourth-order valence-corrected chi connectivity index (χ4v) is 3.21. The van der Waals surface area contributed by atoms with Crippen LogP contribution in [0.1, 0.15) is 78.1 Å². The van der Waals surface area contributed by atoms with Crippen LogP contribution in [0.15, 0.2) is 0 Å². The van der Waals surface area contributed by atoms with Crippen molar-refractivity contribution in [3.05, 3.63) is 0 Å². The Bertz CT molecular complexity index is 190. The molecule has 1 unspecified atom stereocenters. The maximum absolute atomic E-state index is 5.48. The van der Waals surface area contributed by atoms with E-state index in [1.54, 1.807) is 0 Å².